The number of nitrogens with one attached hydrogen (secondary N) is 1. The molecule has 0 fully saturated rings. The number of carbonyl (C=O) groups is 1. The number of phenolic OH excluding ortho intramolecular Hbond substituents is 1. The van der Waals surface area contributed by atoms with E-state index in [0.29, 0.717) is 5.02 Å². The summed E-state index contributed by atoms with van der Waals surface area (Å²) in [6.07, 6.45) is 0. The molecule has 0 aromatic heterocycles. The third kappa shape index (κ3) is 3.52. The summed E-state index contributed by atoms with van der Waals surface area (Å²) in [4.78, 5) is 12.1. The Morgan fingerprint density at radius 1 is 1.25 bits per heavy atom. The van der Waals surface area contributed by atoms with Gasteiger partial charge in [0.2, 0.25) is 0 Å². The van der Waals surface area contributed by atoms with E-state index in [2.05, 4.69) is 21.2 Å². The lowest BCUT2D eigenvalue weighted by atomic mass is 10.1. The highest BCUT2D eigenvalue weighted by atomic mass is 79.9. The van der Waals surface area contributed by atoms with Crippen molar-refractivity contribution < 1.29 is 9.90 Å². The van der Waals surface area contributed by atoms with E-state index in [9.17, 15) is 9.90 Å². The predicted molar refractivity (Wildman–Crippen MR) is 83.1 cm³/mol. The summed E-state index contributed by atoms with van der Waals surface area (Å²) in [5, 5.41) is 12.9. The van der Waals surface area contributed by atoms with Crippen molar-refractivity contribution in [3.8, 4) is 5.75 Å². The smallest absolute Gasteiger partial charge is 0.255 e. The van der Waals surface area contributed by atoms with E-state index < -0.39 is 0 Å². The number of phenols is 1. The zero-order valence-corrected chi connectivity index (χ0v) is 13.1. The largest absolute Gasteiger partial charge is 0.507 e. The maximum Gasteiger partial charge on any atom is 0.255 e. The molecule has 0 saturated carbocycles. The fourth-order valence-corrected chi connectivity index (χ4v) is 2.24. The fraction of sp³-hybridized carbons (Fsp3) is 0.133. The molecule has 0 bridgehead atoms. The van der Waals surface area contributed by atoms with Crippen LogP contribution >= 0.6 is 27.5 Å². The van der Waals surface area contributed by atoms with Crippen LogP contribution in [0.25, 0.3) is 0 Å². The first-order valence-electron chi connectivity index (χ1n) is 6.02. The Labute approximate surface area is 130 Å². The molecule has 0 aliphatic carbocycles. The molecular formula is C15H13BrClNO2. The zero-order chi connectivity index (χ0) is 14.7. The van der Waals surface area contributed by atoms with E-state index in [0.717, 1.165) is 10.0 Å². The zero-order valence-electron chi connectivity index (χ0n) is 10.7. The van der Waals surface area contributed by atoms with Gasteiger partial charge in [0.05, 0.1) is 11.6 Å². The molecule has 0 radical (unpaired) electrons. The van der Waals surface area contributed by atoms with Gasteiger partial charge in [-0.05, 0) is 42.8 Å². The van der Waals surface area contributed by atoms with Crippen molar-refractivity contribution in [1.29, 1.82) is 0 Å². The van der Waals surface area contributed by atoms with Crippen LogP contribution < -0.4 is 5.32 Å². The molecule has 3 nitrogen and oxygen atoms in total. The number of hydrogen-bond acceptors (Lipinski definition) is 2. The van der Waals surface area contributed by atoms with Crippen molar-refractivity contribution in [3.63, 3.8) is 0 Å². The van der Waals surface area contributed by atoms with Crippen molar-refractivity contribution >= 4 is 33.4 Å². The predicted octanol–water partition coefficient (Wildman–Crippen LogP) is 4.30. The van der Waals surface area contributed by atoms with Crippen LogP contribution in [0.1, 0.15) is 28.9 Å². The molecule has 5 heteroatoms. The molecule has 1 unspecified atom stereocenters. The van der Waals surface area contributed by atoms with Gasteiger partial charge in [-0.15, -0.1) is 0 Å². The lowest BCUT2D eigenvalue weighted by Gasteiger charge is -2.15. The van der Waals surface area contributed by atoms with E-state index in [-0.39, 0.29) is 23.3 Å². The summed E-state index contributed by atoms with van der Waals surface area (Å²) < 4.78 is 0.979. The standard InChI is InChI=1S/C15H13BrClNO2/c1-9(10-2-4-11(16)5-3-10)18-15(20)13-8-12(17)6-7-14(13)19/h2-9,19H,1H3,(H,18,20). The summed E-state index contributed by atoms with van der Waals surface area (Å²) in [6.45, 7) is 1.88. The minimum absolute atomic E-state index is 0.0880. The topological polar surface area (TPSA) is 49.3 Å². The minimum Gasteiger partial charge on any atom is -0.507 e. The van der Waals surface area contributed by atoms with Gasteiger partial charge in [-0.25, -0.2) is 0 Å². The Bertz CT molecular complexity index is 628. The van der Waals surface area contributed by atoms with Crippen LogP contribution in [0.15, 0.2) is 46.9 Å². The summed E-state index contributed by atoms with van der Waals surface area (Å²) in [5.41, 5.74) is 1.14. The molecule has 0 saturated heterocycles. The third-order valence-corrected chi connectivity index (χ3v) is 3.68. The van der Waals surface area contributed by atoms with E-state index in [1.54, 1.807) is 0 Å². The van der Waals surface area contributed by atoms with Crippen LogP contribution in [0.2, 0.25) is 5.02 Å². The van der Waals surface area contributed by atoms with Gasteiger partial charge in [0.1, 0.15) is 5.75 Å². The quantitative estimate of drug-likeness (QED) is 0.863. The number of hydrogen-bond donors (Lipinski definition) is 2. The van der Waals surface area contributed by atoms with Crippen LogP contribution in [0.3, 0.4) is 0 Å². The van der Waals surface area contributed by atoms with Gasteiger partial charge < -0.3 is 10.4 Å². The first-order chi connectivity index (χ1) is 9.47. The molecule has 0 aliphatic heterocycles. The molecule has 1 atom stereocenters. The van der Waals surface area contributed by atoms with Crippen LogP contribution in [-0.4, -0.2) is 11.0 Å². The van der Waals surface area contributed by atoms with Gasteiger partial charge in [-0.1, -0.05) is 39.7 Å². The normalized spacial score (nSPS) is 11.9. The van der Waals surface area contributed by atoms with Crippen molar-refractivity contribution in [3.05, 3.63) is 63.1 Å². The Morgan fingerprint density at radius 2 is 1.90 bits per heavy atom. The number of rotatable bonds is 3. The van der Waals surface area contributed by atoms with Crippen LogP contribution in [-0.2, 0) is 0 Å². The van der Waals surface area contributed by atoms with Crippen LogP contribution in [0, 0.1) is 0 Å². The number of halogens is 2. The molecular weight excluding hydrogens is 342 g/mol. The first kappa shape index (κ1) is 14.9. The van der Waals surface area contributed by atoms with Crippen molar-refractivity contribution in [2.45, 2.75) is 13.0 Å². The highest BCUT2D eigenvalue weighted by molar-refractivity contribution is 9.10. The van der Waals surface area contributed by atoms with Gasteiger partial charge in [0.15, 0.2) is 0 Å². The Kier molecular flexibility index (Phi) is 4.68. The van der Waals surface area contributed by atoms with Gasteiger partial charge in [0, 0.05) is 9.50 Å². The second-order valence-electron chi connectivity index (χ2n) is 4.41. The van der Waals surface area contributed by atoms with Crippen LogP contribution in [0.4, 0.5) is 0 Å². The summed E-state index contributed by atoms with van der Waals surface area (Å²) in [7, 11) is 0. The lowest BCUT2D eigenvalue weighted by Crippen LogP contribution is -2.26. The number of amides is 1. The van der Waals surface area contributed by atoms with Gasteiger partial charge in [0.25, 0.3) is 5.91 Å². The molecule has 20 heavy (non-hydrogen) atoms. The molecule has 1 amide bonds. The Balaban J connectivity index is 2.15. The number of aromatic hydroxyl groups is 1. The molecule has 2 N–H and O–H groups in total. The second kappa shape index (κ2) is 6.29. The van der Waals surface area contributed by atoms with Crippen molar-refractivity contribution in [2.75, 3.05) is 0 Å². The van der Waals surface area contributed by atoms with Gasteiger partial charge >= 0.3 is 0 Å². The van der Waals surface area contributed by atoms with Crippen LogP contribution in [0.5, 0.6) is 5.75 Å². The minimum atomic E-state index is -0.361. The Hall–Kier alpha value is -1.52. The maximum absolute atomic E-state index is 12.1. The highest BCUT2D eigenvalue weighted by Crippen LogP contribution is 2.23. The molecule has 0 spiro atoms. The monoisotopic (exact) mass is 353 g/mol. The lowest BCUT2D eigenvalue weighted by molar-refractivity contribution is 0.0937. The molecule has 0 aliphatic rings. The Morgan fingerprint density at radius 3 is 2.55 bits per heavy atom. The number of benzene rings is 2. The molecule has 104 valence electrons. The summed E-state index contributed by atoms with van der Waals surface area (Å²) in [5.74, 6) is -0.449. The summed E-state index contributed by atoms with van der Waals surface area (Å²) in [6, 6.07) is 11.9. The van der Waals surface area contributed by atoms with Gasteiger partial charge in [-0.3, -0.25) is 4.79 Å². The molecule has 2 aromatic carbocycles. The molecule has 2 rings (SSSR count). The average molecular weight is 355 g/mol. The molecule has 2 aromatic rings. The van der Waals surface area contributed by atoms with Crippen molar-refractivity contribution in [2.24, 2.45) is 0 Å². The number of carbonyl (C=O) groups excluding carboxylic acids is 1. The third-order valence-electron chi connectivity index (χ3n) is 2.92. The van der Waals surface area contributed by atoms with Gasteiger partial charge in [-0.2, -0.15) is 0 Å². The van der Waals surface area contributed by atoms with E-state index in [1.165, 1.54) is 18.2 Å². The average Bonchev–Trinajstić information content (AvgIpc) is 2.42. The highest BCUT2D eigenvalue weighted by Gasteiger charge is 2.15. The second-order valence-corrected chi connectivity index (χ2v) is 5.76. The van der Waals surface area contributed by atoms with E-state index in [1.807, 2.05) is 31.2 Å². The first-order valence-corrected chi connectivity index (χ1v) is 7.19. The molecule has 0 heterocycles. The van der Waals surface area contributed by atoms with E-state index >= 15 is 0 Å². The summed E-state index contributed by atoms with van der Waals surface area (Å²) >= 11 is 9.20. The maximum atomic E-state index is 12.1. The van der Waals surface area contributed by atoms with E-state index in [4.69, 9.17) is 11.6 Å². The fourth-order valence-electron chi connectivity index (χ4n) is 1.80. The van der Waals surface area contributed by atoms with Crippen molar-refractivity contribution in [1.82, 2.24) is 5.32 Å². The SMILES string of the molecule is CC(NC(=O)c1cc(Cl)ccc1O)c1ccc(Br)cc1.